The average molecular weight is 478 g/mol. The molecule has 3 aromatic rings. The van der Waals surface area contributed by atoms with Gasteiger partial charge in [0.1, 0.15) is 23.3 Å². The summed E-state index contributed by atoms with van der Waals surface area (Å²) in [6, 6.07) is 9.47. The number of amides is 1. The molecule has 1 aromatic heterocycles. The minimum Gasteiger partial charge on any atom is -0.507 e. The standard InChI is InChI=1S/C25H23FN4O5/c1-35-21-7-6-19(31)22(23(21)26)24(33)15-4-2-14(3-5-15)20(32)10-16-11-28-12-18(16)30-25(34)17-8-9-27-13-29-17/h2-9,13,16,18,28,31H,10-12H2,1H3,(H,30,34)/t16-,18-/m1/s1. The second-order valence-electron chi connectivity index (χ2n) is 8.10. The third kappa shape index (κ3) is 5.17. The number of hydrogen-bond acceptors (Lipinski definition) is 8. The van der Waals surface area contributed by atoms with Crippen molar-refractivity contribution in [1.82, 2.24) is 20.6 Å². The van der Waals surface area contributed by atoms with Crippen molar-refractivity contribution in [3.05, 3.63) is 83.2 Å². The summed E-state index contributed by atoms with van der Waals surface area (Å²) < 4.78 is 19.4. The predicted octanol–water partition coefficient (Wildman–Crippen LogP) is 2.15. The molecule has 2 aromatic carbocycles. The highest BCUT2D eigenvalue weighted by Crippen LogP contribution is 2.30. The van der Waals surface area contributed by atoms with E-state index in [9.17, 15) is 23.9 Å². The molecule has 1 aliphatic heterocycles. The number of hydrogen-bond donors (Lipinski definition) is 3. The third-order valence-electron chi connectivity index (χ3n) is 5.92. The van der Waals surface area contributed by atoms with Gasteiger partial charge in [0.15, 0.2) is 23.1 Å². The summed E-state index contributed by atoms with van der Waals surface area (Å²) in [4.78, 5) is 45.8. The number of ketones is 2. The average Bonchev–Trinajstić information content (AvgIpc) is 3.30. The summed E-state index contributed by atoms with van der Waals surface area (Å²) in [6.45, 7) is 1.09. The normalized spacial score (nSPS) is 17.1. The lowest BCUT2D eigenvalue weighted by Gasteiger charge is -2.19. The Labute approximate surface area is 200 Å². The summed E-state index contributed by atoms with van der Waals surface area (Å²) in [5.41, 5.74) is 0.240. The number of halogens is 1. The molecule has 0 saturated carbocycles. The fourth-order valence-electron chi connectivity index (χ4n) is 4.01. The van der Waals surface area contributed by atoms with Gasteiger partial charge in [-0.05, 0) is 18.2 Å². The van der Waals surface area contributed by atoms with Crippen LogP contribution in [0.5, 0.6) is 11.5 Å². The summed E-state index contributed by atoms with van der Waals surface area (Å²) in [6.07, 6.45) is 2.95. The number of phenols is 1. The minimum absolute atomic E-state index is 0.113. The fourth-order valence-corrected chi connectivity index (χ4v) is 4.01. The van der Waals surface area contributed by atoms with Crippen LogP contribution in [0.15, 0.2) is 55.0 Å². The van der Waals surface area contributed by atoms with E-state index in [1.165, 1.54) is 62.1 Å². The van der Waals surface area contributed by atoms with Crippen LogP contribution in [0.2, 0.25) is 0 Å². The second kappa shape index (κ2) is 10.4. The van der Waals surface area contributed by atoms with E-state index in [4.69, 9.17) is 4.74 Å². The van der Waals surface area contributed by atoms with Crippen molar-refractivity contribution in [2.24, 2.45) is 5.92 Å². The van der Waals surface area contributed by atoms with Gasteiger partial charge >= 0.3 is 0 Å². The van der Waals surface area contributed by atoms with Gasteiger partial charge in [0, 0.05) is 48.8 Å². The van der Waals surface area contributed by atoms with Crippen molar-refractivity contribution < 1.29 is 28.6 Å². The molecule has 1 saturated heterocycles. The van der Waals surface area contributed by atoms with Crippen molar-refractivity contribution in [3.8, 4) is 11.5 Å². The quantitative estimate of drug-likeness (QED) is 0.420. The molecule has 10 heteroatoms. The molecule has 0 aliphatic carbocycles. The van der Waals surface area contributed by atoms with Crippen molar-refractivity contribution in [1.29, 1.82) is 0 Å². The zero-order valence-corrected chi connectivity index (χ0v) is 18.8. The van der Waals surface area contributed by atoms with Crippen LogP contribution < -0.4 is 15.4 Å². The van der Waals surface area contributed by atoms with Gasteiger partial charge in [-0.1, -0.05) is 24.3 Å². The van der Waals surface area contributed by atoms with E-state index >= 15 is 0 Å². The first-order valence-corrected chi connectivity index (χ1v) is 10.9. The number of carbonyl (C=O) groups excluding carboxylic acids is 3. The highest BCUT2D eigenvalue weighted by atomic mass is 19.1. The van der Waals surface area contributed by atoms with E-state index in [2.05, 4.69) is 20.6 Å². The highest BCUT2D eigenvalue weighted by molar-refractivity contribution is 6.11. The number of Topliss-reactive ketones (excluding diaryl/α,β-unsaturated/α-hetero) is 1. The number of carbonyl (C=O) groups is 3. The molecule has 180 valence electrons. The van der Waals surface area contributed by atoms with Crippen LogP contribution >= 0.6 is 0 Å². The largest absolute Gasteiger partial charge is 0.507 e. The Bertz CT molecular complexity index is 1250. The number of benzene rings is 2. The van der Waals surface area contributed by atoms with Crippen LogP contribution in [0.25, 0.3) is 0 Å². The first-order chi connectivity index (χ1) is 16.9. The maximum atomic E-state index is 14.5. The molecule has 0 radical (unpaired) electrons. The summed E-state index contributed by atoms with van der Waals surface area (Å²) in [5, 5.41) is 16.1. The zero-order valence-electron chi connectivity index (χ0n) is 18.8. The predicted molar refractivity (Wildman–Crippen MR) is 123 cm³/mol. The van der Waals surface area contributed by atoms with Crippen LogP contribution in [-0.4, -0.2) is 58.8 Å². The van der Waals surface area contributed by atoms with Gasteiger partial charge in [0.05, 0.1) is 7.11 Å². The lowest BCUT2D eigenvalue weighted by Crippen LogP contribution is -2.41. The number of rotatable bonds is 8. The number of ether oxygens (including phenoxy) is 1. The van der Waals surface area contributed by atoms with Crippen LogP contribution in [0.4, 0.5) is 4.39 Å². The molecule has 4 rings (SSSR count). The number of nitrogens with one attached hydrogen (secondary N) is 2. The molecule has 0 bridgehead atoms. The molecule has 3 N–H and O–H groups in total. The van der Waals surface area contributed by atoms with Crippen LogP contribution in [0.1, 0.15) is 43.2 Å². The van der Waals surface area contributed by atoms with Crippen molar-refractivity contribution >= 4 is 17.5 Å². The fraction of sp³-hybridized carbons (Fsp3) is 0.240. The first-order valence-electron chi connectivity index (χ1n) is 10.9. The van der Waals surface area contributed by atoms with Crippen LogP contribution in [-0.2, 0) is 0 Å². The van der Waals surface area contributed by atoms with Crippen LogP contribution in [0, 0.1) is 11.7 Å². The SMILES string of the molecule is COc1ccc(O)c(C(=O)c2ccc(C(=O)C[C@@H]3CNC[C@H]3NC(=O)c3ccncn3)cc2)c1F. The summed E-state index contributed by atoms with van der Waals surface area (Å²) in [5.74, 6) is -2.98. The van der Waals surface area contributed by atoms with Crippen molar-refractivity contribution in [2.75, 3.05) is 20.2 Å². The van der Waals surface area contributed by atoms with E-state index in [-0.39, 0.29) is 47.1 Å². The number of methoxy groups -OCH3 is 1. The Kier molecular flexibility index (Phi) is 7.11. The van der Waals surface area contributed by atoms with E-state index in [0.717, 1.165) is 0 Å². The lowest BCUT2D eigenvalue weighted by molar-refractivity contribution is 0.0899. The molecule has 2 heterocycles. The summed E-state index contributed by atoms with van der Waals surface area (Å²) >= 11 is 0. The molecule has 1 fully saturated rings. The second-order valence-corrected chi connectivity index (χ2v) is 8.10. The molecule has 35 heavy (non-hydrogen) atoms. The monoisotopic (exact) mass is 478 g/mol. The Morgan fingerprint density at radius 2 is 1.86 bits per heavy atom. The molecule has 2 atom stereocenters. The van der Waals surface area contributed by atoms with E-state index in [1.807, 2.05) is 0 Å². The molecule has 1 amide bonds. The molecule has 9 nitrogen and oxygen atoms in total. The Balaban J connectivity index is 1.43. The van der Waals surface area contributed by atoms with Gasteiger partial charge in [-0.3, -0.25) is 14.4 Å². The molecule has 0 unspecified atom stereocenters. The Morgan fingerprint density at radius 1 is 1.11 bits per heavy atom. The summed E-state index contributed by atoms with van der Waals surface area (Å²) in [7, 11) is 1.26. The number of nitrogens with zero attached hydrogens (tertiary/aromatic N) is 2. The first kappa shape index (κ1) is 24.0. The Morgan fingerprint density at radius 3 is 2.54 bits per heavy atom. The smallest absolute Gasteiger partial charge is 0.270 e. The van der Waals surface area contributed by atoms with Crippen molar-refractivity contribution in [3.63, 3.8) is 0 Å². The van der Waals surface area contributed by atoms with Gasteiger partial charge in [-0.2, -0.15) is 0 Å². The Hall–Kier alpha value is -4.18. The van der Waals surface area contributed by atoms with Gasteiger partial charge in [-0.15, -0.1) is 0 Å². The van der Waals surface area contributed by atoms with Crippen molar-refractivity contribution in [2.45, 2.75) is 12.5 Å². The van der Waals surface area contributed by atoms with Gasteiger partial charge in [0.2, 0.25) is 0 Å². The molecule has 1 aliphatic rings. The molecular formula is C25H23FN4O5. The van der Waals surface area contributed by atoms with E-state index in [0.29, 0.717) is 18.7 Å². The van der Waals surface area contributed by atoms with E-state index in [1.54, 1.807) is 0 Å². The topological polar surface area (TPSA) is 131 Å². The molecule has 0 spiro atoms. The minimum atomic E-state index is -0.957. The third-order valence-corrected chi connectivity index (χ3v) is 5.92. The van der Waals surface area contributed by atoms with Gasteiger partial charge in [0.25, 0.3) is 5.91 Å². The number of aromatic nitrogens is 2. The lowest BCUT2D eigenvalue weighted by atomic mass is 9.93. The maximum Gasteiger partial charge on any atom is 0.270 e. The highest BCUT2D eigenvalue weighted by Gasteiger charge is 2.31. The van der Waals surface area contributed by atoms with Gasteiger partial charge in [-0.25, -0.2) is 14.4 Å². The zero-order chi connectivity index (χ0) is 24.9. The number of phenolic OH excluding ortho intramolecular Hbond substituents is 1. The maximum absolute atomic E-state index is 14.5. The number of aromatic hydroxyl groups is 1. The van der Waals surface area contributed by atoms with E-state index < -0.39 is 22.9 Å². The molecular weight excluding hydrogens is 455 g/mol. The van der Waals surface area contributed by atoms with Gasteiger partial charge < -0.3 is 20.5 Å². The van der Waals surface area contributed by atoms with Crippen LogP contribution in [0.3, 0.4) is 0 Å².